The van der Waals surface area contributed by atoms with Crippen molar-refractivity contribution in [2.45, 2.75) is 131 Å². The van der Waals surface area contributed by atoms with Gasteiger partial charge >= 0.3 is 35.0 Å². The van der Waals surface area contributed by atoms with Crippen LogP contribution in [-0.4, -0.2) is 63.4 Å². The fourth-order valence-corrected chi connectivity index (χ4v) is 15.9. The number of halogens is 3. The van der Waals surface area contributed by atoms with Gasteiger partial charge in [0, 0.05) is 46.1 Å². The topological polar surface area (TPSA) is 63.2 Å². The molecule has 0 atom stereocenters. The fourth-order valence-electron chi connectivity index (χ4n) is 7.87. The molecule has 0 bridgehead atoms. The monoisotopic (exact) mass is 1030 g/mol. The van der Waals surface area contributed by atoms with Gasteiger partial charge in [0.05, 0.1) is 5.69 Å². The van der Waals surface area contributed by atoms with Crippen LogP contribution in [0.2, 0.25) is 0 Å². The standard InChI is InChI=1S/C19H21FN4.2C16H28NP.2ClH.Pd/c1-19(2,3)12-24-17-16(23-18(24)21)11-10-15(22-17)9-6-13-4-7-14(20)8-5-13;2*1-15(2,3)18(16(4,5)6)14-11-9-13(10-12-14)17(7)8;;;/h4-11H,12H2,1-3H3,(H2,21,23);2*9-12H,1-8H3;2*1H;/q;;;;;+2/p-2/b9-6+;;;;;. The van der Waals surface area contributed by atoms with Crippen LogP contribution in [0.25, 0.3) is 23.3 Å². The molecule has 0 saturated heterocycles. The average Bonchev–Trinajstić information content (AvgIpc) is 3.42. The molecule has 0 fully saturated rings. The van der Waals surface area contributed by atoms with E-state index >= 15 is 0 Å². The van der Waals surface area contributed by atoms with E-state index in [2.05, 4.69) is 200 Å². The molecule has 2 heterocycles. The van der Waals surface area contributed by atoms with Crippen LogP contribution in [0.3, 0.4) is 0 Å². The van der Waals surface area contributed by atoms with Crippen molar-refractivity contribution >= 4 is 86.1 Å². The van der Waals surface area contributed by atoms with Gasteiger partial charge in [-0.25, -0.2) is 14.4 Å². The fraction of sp³-hybridized carbons (Fsp3) is 0.490. The van der Waals surface area contributed by atoms with E-state index in [0.29, 0.717) is 26.6 Å². The van der Waals surface area contributed by atoms with E-state index in [4.69, 9.17) is 24.8 Å². The van der Waals surface area contributed by atoms with Crippen LogP contribution >= 0.6 is 34.9 Å². The first-order valence-electron chi connectivity index (χ1n) is 21.3. The predicted octanol–water partition coefficient (Wildman–Crippen LogP) is 14.7. The summed E-state index contributed by atoms with van der Waals surface area (Å²) < 4.78 is 14.9. The first kappa shape index (κ1) is 56.6. The molecule has 0 amide bonds. The molecule has 6 nitrogen and oxygen atoms in total. The third-order valence-electron chi connectivity index (χ3n) is 9.52. The SMILES string of the molecule is CC(C)(C)Cn1c(N)nc2ccc(/C=C/c3ccc(F)cc3)nc21.CN(C)c1ccc(P(C(C)(C)C)C(C)(C)C)cc1.CN(C)c1ccc(P(C(C)(C)C)C(C)(C)C)cc1.[Cl][Pd][Cl]. The zero-order valence-corrected chi connectivity index (χ0v) is 46.5. The second-order valence-corrected chi connectivity index (χ2v) is 31.4. The maximum atomic E-state index is 12.9. The minimum absolute atomic E-state index is 0.0728. The summed E-state index contributed by atoms with van der Waals surface area (Å²) >= 11 is -0.106. The van der Waals surface area contributed by atoms with E-state index < -0.39 is 0 Å². The second-order valence-electron chi connectivity index (χ2n) is 21.3. The number of nitrogen functional groups attached to an aromatic ring is 1. The number of nitrogens with zero attached hydrogens (tertiary/aromatic N) is 5. The number of pyridine rings is 1. The van der Waals surface area contributed by atoms with E-state index in [-0.39, 0.29) is 43.0 Å². The zero-order chi connectivity index (χ0) is 48.3. The Morgan fingerprint density at radius 1 is 0.587 bits per heavy atom. The van der Waals surface area contributed by atoms with Gasteiger partial charge in [0.25, 0.3) is 0 Å². The number of imidazole rings is 1. The Balaban J connectivity index is 0.000000320. The molecule has 5 rings (SSSR count). The molecule has 2 aromatic heterocycles. The van der Waals surface area contributed by atoms with Gasteiger partial charge in [-0.15, -0.1) is 0 Å². The van der Waals surface area contributed by atoms with Gasteiger partial charge in [0.15, 0.2) is 5.65 Å². The number of benzene rings is 3. The second kappa shape index (κ2) is 23.8. The van der Waals surface area contributed by atoms with Crippen molar-refractivity contribution in [1.29, 1.82) is 0 Å². The van der Waals surface area contributed by atoms with Crippen LogP contribution in [-0.2, 0) is 22.5 Å². The zero-order valence-electron chi connectivity index (χ0n) is 41.6. The van der Waals surface area contributed by atoms with Gasteiger partial charge in [0.1, 0.15) is 11.3 Å². The van der Waals surface area contributed by atoms with Crippen LogP contribution in [0.5, 0.6) is 0 Å². The number of fused-ring (bicyclic) bond motifs is 1. The molecule has 0 unspecified atom stereocenters. The number of hydrogen-bond acceptors (Lipinski definition) is 5. The molecule has 0 spiro atoms. The predicted molar refractivity (Wildman–Crippen MR) is 282 cm³/mol. The van der Waals surface area contributed by atoms with Crippen molar-refractivity contribution in [2.75, 3.05) is 43.7 Å². The molecule has 63 heavy (non-hydrogen) atoms. The average molecular weight is 1030 g/mol. The molecule has 0 radical (unpaired) electrons. The van der Waals surface area contributed by atoms with Crippen molar-refractivity contribution in [3.8, 4) is 0 Å². The van der Waals surface area contributed by atoms with Gasteiger partial charge in [-0.2, -0.15) is 0 Å². The van der Waals surface area contributed by atoms with Crippen LogP contribution < -0.4 is 26.1 Å². The summed E-state index contributed by atoms with van der Waals surface area (Å²) in [6, 6.07) is 28.4. The number of rotatable bonds is 7. The molecule has 352 valence electrons. The molecule has 0 aliphatic carbocycles. The number of hydrogen-bond donors (Lipinski definition) is 1. The Hall–Kier alpha value is -2.55. The molecule has 12 heteroatoms. The molecule has 5 aromatic rings. The quantitative estimate of drug-likeness (QED) is 0.130. The number of aromatic nitrogens is 3. The van der Waals surface area contributed by atoms with Crippen molar-refractivity contribution in [3.05, 3.63) is 102 Å². The molecule has 0 saturated carbocycles. The number of nitrogens with two attached hydrogens (primary N) is 1. The summed E-state index contributed by atoms with van der Waals surface area (Å²) in [6.07, 6.45) is 3.80. The summed E-state index contributed by atoms with van der Waals surface area (Å²) in [6.45, 7) is 35.6. The van der Waals surface area contributed by atoms with E-state index in [1.165, 1.54) is 34.1 Å². The summed E-state index contributed by atoms with van der Waals surface area (Å²) in [4.78, 5) is 13.4. The number of anilines is 3. The van der Waals surface area contributed by atoms with Crippen LogP contribution in [0.15, 0.2) is 84.9 Å². The van der Waals surface area contributed by atoms with Crippen LogP contribution in [0, 0.1) is 11.2 Å². The Kier molecular flexibility index (Phi) is 21.3. The van der Waals surface area contributed by atoms with Gasteiger partial charge < -0.3 is 15.5 Å². The van der Waals surface area contributed by atoms with E-state index in [1.807, 2.05) is 28.9 Å². The summed E-state index contributed by atoms with van der Waals surface area (Å²) in [7, 11) is 17.6. The van der Waals surface area contributed by atoms with Gasteiger partial charge in [-0.1, -0.05) is 162 Å². The first-order chi connectivity index (χ1) is 28.8. The summed E-state index contributed by atoms with van der Waals surface area (Å²) in [5, 5.41) is 4.38. The van der Waals surface area contributed by atoms with E-state index in [1.54, 1.807) is 12.1 Å². The van der Waals surface area contributed by atoms with Gasteiger partial charge in [0.2, 0.25) is 5.95 Å². The molecule has 3 aromatic carbocycles. The third kappa shape index (κ3) is 18.7. The van der Waals surface area contributed by atoms with Crippen LogP contribution in [0.4, 0.5) is 21.7 Å². The summed E-state index contributed by atoms with van der Waals surface area (Å²) in [5.74, 6) is 0.236. The summed E-state index contributed by atoms with van der Waals surface area (Å²) in [5.41, 5.74) is 12.0. The Morgan fingerprint density at radius 2 is 0.968 bits per heavy atom. The van der Waals surface area contributed by atoms with E-state index in [0.717, 1.165) is 29.0 Å². The Bertz CT molecular complexity index is 2050. The maximum absolute atomic E-state index is 12.9. The van der Waals surface area contributed by atoms with E-state index in [9.17, 15) is 4.39 Å². The minimum atomic E-state index is -0.242. The van der Waals surface area contributed by atoms with Gasteiger partial charge in [-0.3, -0.25) is 4.57 Å². The van der Waals surface area contributed by atoms with Gasteiger partial charge in [-0.05, 0) is 96.8 Å². The molecule has 2 N–H and O–H groups in total. The molecule has 0 aliphatic heterocycles. The Labute approximate surface area is 400 Å². The molecule has 0 aliphatic rings. The molecular formula is C51H77Cl2FN6P2Pd. The van der Waals surface area contributed by atoms with Crippen molar-refractivity contribution in [1.82, 2.24) is 14.5 Å². The van der Waals surface area contributed by atoms with Crippen molar-refractivity contribution < 1.29 is 20.3 Å². The van der Waals surface area contributed by atoms with Crippen LogP contribution in [0.1, 0.15) is 115 Å². The Morgan fingerprint density at radius 3 is 1.30 bits per heavy atom. The van der Waals surface area contributed by atoms with Crippen molar-refractivity contribution in [3.63, 3.8) is 0 Å². The van der Waals surface area contributed by atoms with Crippen molar-refractivity contribution in [2.24, 2.45) is 5.41 Å². The molecular weight excluding hydrogens is 955 g/mol. The first-order valence-corrected chi connectivity index (χ1v) is 28.0. The third-order valence-corrected chi connectivity index (χ3v) is 16.5. The normalized spacial score (nSPS) is 12.4.